The third-order valence-electron chi connectivity index (χ3n) is 6.60. The molecular formula is C29H28F2N4O6. The molecule has 0 aliphatic carbocycles. The quantitative estimate of drug-likeness (QED) is 0.375. The highest BCUT2D eigenvalue weighted by molar-refractivity contribution is 6.07. The zero-order chi connectivity index (χ0) is 29.5. The van der Waals surface area contributed by atoms with E-state index in [4.69, 9.17) is 4.74 Å². The molecule has 41 heavy (non-hydrogen) atoms. The topological polar surface area (TPSA) is 128 Å². The van der Waals surface area contributed by atoms with E-state index in [0.29, 0.717) is 37.4 Å². The summed E-state index contributed by atoms with van der Waals surface area (Å²) in [6, 6.07) is 13.9. The van der Waals surface area contributed by atoms with E-state index in [-0.39, 0.29) is 16.8 Å². The Morgan fingerprint density at radius 3 is 2.20 bits per heavy atom. The molecule has 0 saturated carbocycles. The highest BCUT2D eigenvalue weighted by Crippen LogP contribution is 2.30. The number of carboxylic acids is 1. The lowest BCUT2D eigenvalue weighted by molar-refractivity contribution is -0.137. The number of nitrogens with one attached hydrogen (secondary N) is 2. The van der Waals surface area contributed by atoms with Crippen LogP contribution in [0.1, 0.15) is 38.7 Å². The van der Waals surface area contributed by atoms with Crippen LogP contribution in [0.3, 0.4) is 0 Å². The number of carbonyl (C=O) groups is 4. The number of hydrogen-bond donors (Lipinski definition) is 3. The minimum atomic E-state index is -1.16. The number of rotatable bonds is 8. The van der Waals surface area contributed by atoms with Crippen LogP contribution in [0.15, 0.2) is 66.7 Å². The van der Waals surface area contributed by atoms with Gasteiger partial charge in [0.25, 0.3) is 11.8 Å². The second-order valence-corrected chi connectivity index (χ2v) is 9.32. The number of nitrogens with zero attached hydrogens (tertiary/aromatic N) is 2. The third kappa shape index (κ3) is 7.35. The smallest absolute Gasteiger partial charge is 0.409 e. The highest BCUT2D eigenvalue weighted by Gasteiger charge is 2.25. The van der Waals surface area contributed by atoms with Crippen LogP contribution >= 0.6 is 0 Å². The molecule has 3 amide bonds. The third-order valence-corrected chi connectivity index (χ3v) is 6.60. The number of amides is 3. The Bertz CT molecular complexity index is 1440. The standard InChI is InChI=1S/C29H28F2N4O6/c1-41-29(40)35-13-11-34(12-14-35)25-10-7-20(16-24(25)33-27(38)19-3-2-4-22(31)15-19)28(39)32-23(17-26(36)37)18-5-8-21(30)9-6-18/h2-10,15-16,23H,11-14,17H2,1H3,(H,32,39)(H,33,38)(H,36,37). The summed E-state index contributed by atoms with van der Waals surface area (Å²) in [5, 5.41) is 14.8. The normalized spacial score (nSPS) is 13.7. The van der Waals surface area contributed by atoms with E-state index in [2.05, 4.69) is 10.6 Å². The molecule has 3 N–H and O–H groups in total. The van der Waals surface area contributed by atoms with Crippen molar-refractivity contribution in [2.75, 3.05) is 43.5 Å². The maximum absolute atomic E-state index is 13.8. The molecule has 4 rings (SSSR count). The van der Waals surface area contributed by atoms with Crippen molar-refractivity contribution in [3.63, 3.8) is 0 Å². The fraction of sp³-hybridized carbons (Fsp3) is 0.241. The summed E-state index contributed by atoms with van der Waals surface area (Å²) in [6.07, 6.45) is -0.892. The number of aliphatic carboxylic acids is 1. The SMILES string of the molecule is COC(=O)N1CCN(c2ccc(C(=O)NC(CC(=O)O)c3ccc(F)cc3)cc2NC(=O)c2cccc(F)c2)CC1. The number of ether oxygens (including phenoxy) is 1. The highest BCUT2D eigenvalue weighted by atomic mass is 19.1. The van der Waals surface area contributed by atoms with Gasteiger partial charge in [-0.2, -0.15) is 0 Å². The molecule has 1 fully saturated rings. The van der Waals surface area contributed by atoms with Crippen molar-refractivity contribution >= 4 is 35.3 Å². The van der Waals surface area contributed by atoms with Crippen LogP contribution in [0.25, 0.3) is 0 Å². The van der Waals surface area contributed by atoms with E-state index in [0.717, 1.165) is 6.07 Å². The van der Waals surface area contributed by atoms with Gasteiger partial charge in [-0.15, -0.1) is 0 Å². The van der Waals surface area contributed by atoms with Gasteiger partial charge in [0, 0.05) is 37.3 Å². The molecule has 214 valence electrons. The van der Waals surface area contributed by atoms with Gasteiger partial charge in [0.15, 0.2) is 0 Å². The van der Waals surface area contributed by atoms with Crippen LogP contribution < -0.4 is 15.5 Å². The minimum absolute atomic E-state index is 0.0687. The number of piperazine rings is 1. The maximum Gasteiger partial charge on any atom is 0.409 e. The monoisotopic (exact) mass is 566 g/mol. The molecule has 3 aromatic rings. The van der Waals surface area contributed by atoms with E-state index < -0.39 is 48.0 Å². The lowest BCUT2D eigenvalue weighted by Crippen LogP contribution is -2.49. The van der Waals surface area contributed by atoms with Crippen molar-refractivity contribution in [1.29, 1.82) is 0 Å². The molecule has 12 heteroatoms. The number of halogens is 2. The molecule has 1 atom stereocenters. The van der Waals surface area contributed by atoms with Crippen LogP contribution in [-0.4, -0.2) is 67.2 Å². The van der Waals surface area contributed by atoms with Gasteiger partial charge in [-0.05, 0) is 54.1 Å². The lowest BCUT2D eigenvalue weighted by atomic mass is 10.0. The fourth-order valence-corrected chi connectivity index (χ4v) is 4.50. The van der Waals surface area contributed by atoms with Crippen molar-refractivity contribution < 1.29 is 37.8 Å². The number of benzene rings is 3. The predicted molar refractivity (Wildman–Crippen MR) is 146 cm³/mol. The zero-order valence-corrected chi connectivity index (χ0v) is 22.1. The summed E-state index contributed by atoms with van der Waals surface area (Å²) in [4.78, 5) is 53.1. The molecule has 0 radical (unpaired) electrons. The Labute approximate surface area is 234 Å². The Kier molecular flexibility index (Phi) is 9.12. The van der Waals surface area contributed by atoms with Gasteiger partial charge < -0.3 is 30.3 Å². The largest absolute Gasteiger partial charge is 0.481 e. The number of carboxylic acid groups (broad SMARTS) is 1. The van der Waals surface area contributed by atoms with Gasteiger partial charge >= 0.3 is 12.1 Å². The average Bonchev–Trinajstić information content (AvgIpc) is 2.96. The van der Waals surface area contributed by atoms with E-state index in [9.17, 15) is 33.1 Å². The molecule has 0 aromatic heterocycles. The molecule has 1 saturated heterocycles. The molecule has 1 heterocycles. The van der Waals surface area contributed by atoms with Gasteiger partial charge in [-0.25, -0.2) is 13.6 Å². The van der Waals surface area contributed by atoms with Gasteiger partial charge in [0.1, 0.15) is 11.6 Å². The first-order valence-corrected chi connectivity index (χ1v) is 12.7. The average molecular weight is 567 g/mol. The Hall–Kier alpha value is -5.00. The summed E-state index contributed by atoms with van der Waals surface area (Å²) in [5.41, 5.74) is 1.42. The molecule has 0 bridgehead atoms. The van der Waals surface area contributed by atoms with Crippen molar-refractivity contribution in [2.45, 2.75) is 12.5 Å². The maximum atomic E-state index is 13.8. The summed E-state index contributed by atoms with van der Waals surface area (Å²) in [5.74, 6) is -3.48. The molecule has 1 aliphatic rings. The van der Waals surface area contributed by atoms with Crippen LogP contribution in [0, 0.1) is 11.6 Å². The van der Waals surface area contributed by atoms with E-state index in [1.807, 2.05) is 4.90 Å². The number of carbonyl (C=O) groups excluding carboxylic acids is 3. The van der Waals surface area contributed by atoms with Gasteiger partial charge in [-0.1, -0.05) is 18.2 Å². The molecule has 1 aliphatic heterocycles. The molecule has 10 nitrogen and oxygen atoms in total. The van der Waals surface area contributed by atoms with Crippen LogP contribution in [0.5, 0.6) is 0 Å². The second-order valence-electron chi connectivity index (χ2n) is 9.32. The van der Waals surface area contributed by atoms with Gasteiger partial charge in [-0.3, -0.25) is 14.4 Å². The second kappa shape index (κ2) is 12.9. The summed E-state index contributed by atoms with van der Waals surface area (Å²) < 4.78 is 32.0. The molecule has 3 aromatic carbocycles. The number of anilines is 2. The summed E-state index contributed by atoms with van der Waals surface area (Å²) in [7, 11) is 1.30. The first kappa shape index (κ1) is 29.0. The number of methoxy groups -OCH3 is 1. The summed E-state index contributed by atoms with van der Waals surface area (Å²) >= 11 is 0. The fourth-order valence-electron chi connectivity index (χ4n) is 4.50. The first-order valence-electron chi connectivity index (χ1n) is 12.7. The van der Waals surface area contributed by atoms with Crippen molar-refractivity contribution in [2.24, 2.45) is 0 Å². The molecule has 0 spiro atoms. The molecular weight excluding hydrogens is 538 g/mol. The number of hydrogen-bond acceptors (Lipinski definition) is 6. The minimum Gasteiger partial charge on any atom is -0.481 e. The van der Waals surface area contributed by atoms with Gasteiger partial charge in [0.05, 0.1) is 30.9 Å². The van der Waals surface area contributed by atoms with Crippen molar-refractivity contribution in [1.82, 2.24) is 10.2 Å². The predicted octanol–water partition coefficient (Wildman–Crippen LogP) is 4.05. The zero-order valence-electron chi connectivity index (χ0n) is 22.1. The first-order chi connectivity index (χ1) is 19.6. The van der Waals surface area contributed by atoms with E-state index >= 15 is 0 Å². The van der Waals surface area contributed by atoms with Crippen LogP contribution in [-0.2, 0) is 9.53 Å². The van der Waals surface area contributed by atoms with E-state index in [1.54, 1.807) is 11.0 Å². The van der Waals surface area contributed by atoms with E-state index in [1.165, 1.54) is 61.7 Å². The van der Waals surface area contributed by atoms with Gasteiger partial charge in [0.2, 0.25) is 0 Å². The molecule has 1 unspecified atom stereocenters. The van der Waals surface area contributed by atoms with Crippen molar-refractivity contribution in [3.05, 3.63) is 95.1 Å². The Morgan fingerprint density at radius 2 is 1.56 bits per heavy atom. The van der Waals surface area contributed by atoms with Crippen molar-refractivity contribution in [3.8, 4) is 0 Å². The van der Waals surface area contributed by atoms with Crippen LogP contribution in [0.4, 0.5) is 25.0 Å². The summed E-state index contributed by atoms with van der Waals surface area (Å²) in [6.45, 7) is 1.55. The Morgan fingerprint density at radius 1 is 0.878 bits per heavy atom. The Balaban J connectivity index is 1.62. The lowest BCUT2D eigenvalue weighted by Gasteiger charge is -2.36. The van der Waals surface area contributed by atoms with Crippen LogP contribution in [0.2, 0.25) is 0 Å².